The first-order valence-corrected chi connectivity index (χ1v) is 11.0. The van der Waals surface area contributed by atoms with Crippen LogP contribution in [0.2, 0.25) is 0 Å². The summed E-state index contributed by atoms with van der Waals surface area (Å²) in [4.78, 5) is 35.5. The fourth-order valence-electron chi connectivity index (χ4n) is 4.44. The number of carbonyl (C=O) groups is 3. The molecule has 0 saturated carbocycles. The molecule has 0 fully saturated rings. The molecule has 0 spiro atoms. The maximum absolute atomic E-state index is 12.4. The number of hydrogen-bond acceptors (Lipinski definition) is 5. The van der Waals surface area contributed by atoms with Crippen molar-refractivity contribution in [1.82, 2.24) is 4.57 Å². The van der Waals surface area contributed by atoms with Gasteiger partial charge in [-0.05, 0) is 54.1 Å². The van der Waals surface area contributed by atoms with Crippen molar-refractivity contribution < 1.29 is 28.6 Å². The van der Waals surface area contributed by atoms with Gasteiger partial charge < -0.3 is 30.3 Å². The van der Waals surface area contributed by atoms with Crippen molar-refractivity contribution in [3.05, 3.63) is 89.7 Å². The number of nitrogens with two attached hydrogens (primary N) is 2. The van der Waals surface area contributed by atoms with Gasteiger partial charge in [0.05, 0.1) is 22.7 Å². The predicted molar refractivity (Wildman–Crippen MR) is 133 cm³/mol. The first-order chi connectivity index (χ1) is 17.3. The molecular formula is C27H21N3O6. The van der Waals surface area contributed by atoms with Gasteiger partial charge in [0.2, 0.25) is 11.8 Å². The Labute approximate surface area is 204 Å². The van der Waals surface area contributed by atoms with Gasteiger partial charge in [-0.1, -0.05) is 18.2 Å². The van der Waals surface area contributed by atoms with Gasteiger partial charge in [0.25, 0.3) is 0 Å². The molecule has 180 valence electrons. The fraction of sp³-hybridized carbons (Fsp3) is 0.0741. The lowest BCUT2D eigenvalue weighted by Gasteiger charge is -2.11. The number of furan rings is 1. The van der Waals surface area contributed by atoms with Crippen molar-refractivity contribution in [3.8, 4) is 17.1 Å². The largest absolute Gasteiger partial charge is 0.481 e. The number of aliphatic carboxylic acids is 1. The molecule has 9 nitrogen and oxygen atoms in total. The maximum atomic E-state index is 12.4. The predicted octanol–water partition coefficient (Wildman–Crippen LogP) is 3.76. The van der Waals surface area contributed by atoms with E-state index in [1.807, 2.05) is 22.8 Å². The van der Waals surface area contributed by atoms with Crippen LogP contribution >= 0.6 is 0 Å². The molecule has 5 N–H and O–H groups in total. The van der Waals surface area contributed by atoms with E-state index < -0.39 is 24.4 Å². The van der Waals surface area contributed by atoms with Crippen molar-refractivity contribution in [2.45, 2.75) is 6.54 Å². The van der Waals surface area contributed by atoms with Crippen LogP contribution in [0.15, 0.2) is 77.4 Å². The maximum Gasteiger partial charge on any atom is 0.341 e. The number of aromatic nitrogens is 1. The highest BCUT2D eigenvalue weighted by Gasteiger charge is 2.22. The number of fused-ring (bicyclic) bond motifs is 3. The minimum Gasteiger partial charge on any atom is -0.481 e. The fourth-order valence-corrected chi connectivity index (χ4v) is 4.44. The number of amides is 2. The first-order valence-electron chi connectivity index (χ1n) is 11.0. The molecule has 2 heterocycles. The Morgan fingerprint density at radius 3 is 2.39 bits per heavy atom. The van der Waals surface area contributed by atoms with E-state index >= 15 is 0 Å². The summed E-state index contributed by atoms with van der Waals surface area (Å²) in [6, 6.07) is 19.2. The van der Waals surface area contributed by atoms with E-state index in [0.717, 1.165) is 5.56 Å². The number of primary amides is 2. The highest BCUT2D eigenvalue weighted by atomic mass is 16.5. The van der Waals surface area contributed by atoms with Gasteiger partial charge in [-0.15, -0.1) is 0 Å². The number of carboxylic acids is 1. The third-order valence-electron chi connectivity index (χ3n) is 5.93. The van der Waals surface area contributed by atoms with E-state index in [4.69, 9.17) is 20.6 Å². The molecule has 0 bridgehead atoms. The average molecular weight is 483 g/mol. The van der Waals surface area contributed by atoms with E-state index in [-0.39, 0.29) is 11.3 Å². The van der Waals surface area contributed by atoms with Crippen molar-refractivity contribution in [2.24, 2.45) is 11.5 Å². The van der Waals surface area contributed by atoms with Crippen LogP contribution in [0.5, 0.6) is 5.75 Å². The molecule has 2 aromatic heterocycles. The normalized spacial score (nSPS) is 11.1. The van der Waals surface area contributed by atoms with E-state index in [1.54, 1.807) is 48.5 Å². The molecule has 36 heavy (non-hydrogen) atoms. The second-order valence-electron chi connectivity index (χ2n) is 8.24. The molecule has 0 aliphatic rings. The molecular weight excluding hydrogens is 462 g/mol. The van der Waals surface area contributed by atoms with Crippen LogP contribution in [-0.2, 0) is 11.3 Å². The van der Waals surface area contributed by atoms with Gasteiger partial charge in [0.1, 0.15) is 11.5 Å². The van der Waals surface area contributed by atoms with E-state index in [1.165, 1.54) is 6.26 Å². The number of carbonyl (C=O) groups excluding carboxylic acids is 2. The van der Waals surface area contributed by atoms with Gasteiger partial charge >= 0.3 is 5.97 Å². The Balaban J connectivity index is 1.84. The smallest absolute Gasteiger partial charge is 0.341 e. The van der Waals surface area contributed by atoms with E-state index in [0.29, 0.717) is 45.2 Å². The summed E-state index contributed by atoms with van der Waals surface area (Å²) in [5.74, 6) is -1.49. The molecule has 5 rings (SSSR count). The Kier molecular flexibility index (Phi) is 5.65. The van der Waals surface area contributed by atoms with Gasteiger partial charge in [-0.25, -0.2) is 4.79 Å². The summed E-state index contributed by atoms with van der Waals surface area (Å²) in [6.45, 7) is -0.258. The van der Waals surface area contributed by atoms with Crippen LogP contribution < -0.4 is 16.2 Å². The summed E-state index contributed by atoms with van der Waals surface area (Å²) in [5, 5.41) is 10.3. The minimum atomic E-state index is -1.14. The summed E-state index contributed by atoms with van der Waals surface area (Å²) in [7, 11) is 0. The van der Waals surface area contributed by atoms with Crippen molar-refractivity contribution in [2.75, 3.05) is 6.61 Å². The summed E-state index contributed by atoms with van der Waals surface area (Å²) < 4.78 is 13.2. The van der Waals surface area contributed by atoms with Crippen LogP contribution in [-0.4, -0.2) is 34.1 Å². The third-order valence-corrected chi connectivity index (χ3v) is 5.93. The molecule has 0 atom stereocenters. The van der Waals surface area contributed by atoms with Crippen LogP contribution in [0.25, 0.3) is 33.1 Å². The van der Waals surface area contributed by atoms with Gasteiger partial charge in [0.15, 0.2) is 6.61 Å². The summed E-state index contributed by atoms with van der Waals surface area (Å²) in [5.41, 5.74) is 14.6. The second kappa shape index (κ2) is 8.95. The molecule has 0 saturated heterocycles. The highest BCUT2D eigenvalue weighted by Crippen LogP contribution is 2.41. The lowest BCUT2D eigenvalue weighted by atomic mass is 10.0. The molecule has 9 heteroatoms. The van der Waals surface area contributed by atoms with Crippen LogP contribution in [0, 0.1) is 0 Å². The number of rotatable bonds is 8. The summed E-state index contributed by atoms with van der Waals surface area (Å²) >= 11 is 0. The summed E-state index contributed by atoms with van der Waals surface area (Å²) in [6.07, 6.45) is 1.54. The number of ether oxygens (including phenoxy) is 1. The van der Waals surface area contributed by atoms with Crippen LogP contribution in [0.4, 0.5) is 0 Å². The molecule has 3 aromatic carbocycles. The molecule has 0 radical (unpaired) electrons. The van der Waals surface area contributed by atoms with Crippen molar-refractivity contribution in [1.29, 1.82) is 0 Å². The Hall–Kier alpha value is -5.05. The van der Waals surface area contributed by atoms with Gasteiger partial charge in [-0.3, -0.25) is 9.59 Å². The van der Waals surface area contributed by atoms with Gasteiger partial charge in [0, 0.05) is 28.6 Å². The Morgan fingerprint density at radius 2 is 1.69 bits per heavy atom. The number of benzene rings is 3. The SMILES string of the molecule is NC(=O)c1cccc(Cn2c3cc(-c4ccco4)cc(OCC(=O)O)c3c3c(C(N)=O)cccc32)c1. The average Bonchev–Trinajstić information content (AvgIpc) is 3.50. The Bertz CT molecular complexity index is 1650. The standard InChI is InChI=1S/C27H21N3O6/c28-26(33)16-5-1-4-15(10-16)13-30-19-7-2-6-18(27(29)34)24(19)25-20(30)11-17(21-8-3-9-35-21)12-22(25)36-14-23(31)32/h1-12H,13-14H2,(H2,28,33)(H2,29,34)(H,31,32). The van der Waals surface area contributed by atoms with Crippen molar-refractivity contribution in [3.63, 3.8) is 0 Å². The highest BCUT2D eigenvalue weighted by molar-refractivity contribution is 6.20. The molecule has 5 aromatic rings. The van der Waals surface area contributed by atoms with Crippen molar-refractivity contribution >= 4 is 39.6 Å². The van der Waals surface area contributed by atoms with E-state index in [9.17, 15) is 19.5 Å². The topological polar surface area (TPSA) is 151 Å². The Morgan fingerprint density at radius 1 is 0.889 bits per heavy atom. The quantitative estimate of drug-likeness (QED) is 0.306. The second-order valence-corrected chi connectivity index (χ2v) is 8.24. The zero-order chi connectivity index (χ0) is 25.4. The monoisotopic (exact) mass is 483 g/mol. The zero-order valence-corrected chi connectivity index (χ0v) is 18.9. The van der Waals surface area contributed by atoms with E-state index in [2.05, 4.69) is 0 Å². The molecule has 0 unspecified atom stereocenters. The van der Waals surface area contributed by atoms with Gasteiger partial charge in [-0.2, -0.15) is 0 Å². The third kappa shape index (κ3) is 4.03. The molecule has 2 amide bonds. The van der Waals surface area contributed by atoms with Crippen LogP contribution in [0.1, 0.15) is 26.3 Å². The number of hydrogen-bond donors (Lipinski definition) is 3. The lowest BCUT2D eigenvalue weighted by molar-refractivity contribution is -0.139. The van der Waals surface area contributed by atoms with Crippen LogP contribution in [0.3, 0.4) is 0 Å². The minimum absolute atomic E-state index is 0.268. The molecule has 0 aliphatic carbocycles. The zero-order valence-electron chi connectivity index (χ0n) is 18.9. The lowest BCUT2D eigenvalue weighted by Crippen LogP contribution is -2.12. The first kappa shape index (κ1) is 22.7. The number of nitrogens with zero attached hydrogens (tertiary/aromatic N) is 1. The number of carboxylic acid groups (broad SMARTS) is 1. The molecule has 0 aliphatic heterocycles.